The van der Waals surface area contributed by atoms with Crippen LogP contribution in [0.15, 0.2) is 75.6 Å². The molecular formula is C20H22N6O6S. The van der Waals surface area contributed by atoms with Gasteiger partial charge in [-0.1, -0.05) is 6.08 Å². The Bertz CT molecular complexity index is 1340. The number of aromatic nitrogens is 4. The van der Waals surface area contributed by atoms with E-state index >= 15 is 0 Å². The van der Waals surface area contributed by atoms with Gasteiger partial charge in [0, 0.05) is 29.8 Å². The van der Waals surface area contributed by atoms with Crippen molar-refractivity contribution >= 4 is 21.7 Å². The highest BCUT2D eigenvalue weighted by Crippen LogP contribution is 2.18. The van der Waals surface area contributed by atoms with E-state index in [9.17, 15) is 18.0 Å². The molecule has 3 aromatic rings. The number of sulfonamides is 1. The number of nitrogens with two attached hydrogens (primary N) is 1. The third-order valence-electron chi connectivity index (χ3n) is 4.39. The van der Waals surface area contributed by atoms with E-state index in [1.54, 1.807) is 25.1 Å². The van der Waals surface area contributed by atoms with Crippen molar-refractivity contribution < 1.29 is 18.3 Å². The number of ether oxygens (including phenoxy) is 1. The Morgan fingerprint density at radius 1 is 1.18 bits per heavy atom. The summed E-state index contributed by atoms with van der Waals surface area (Å²) in [7, 11) is -3.66. The number of hydrogen-bond acceptors (Lipinski definition) is 9. The normalized spacial score (nSPS) is 17.3. The molecule has 174 valence electrons. The molecule has 13 heteroatoms. The van der Waals surface area contributed by atoms with E-state index in [-0.39, 0.29) is 17.5 Å². The molecule has 0 spiro atoms. The fraction of sp³-hybridized carbons (Fsp3) is 0.200. The van der Waals surface area contributed by atoms with Crippen LogP contribution < -0.4 is 21.7 Å². The SMILES string of the molecule is Cc1cn([C@H]2C=C[C@@H](CO)O2)c(=O)[nH]c1=O.Nc1ccc(S(=O)(=O)Nc2ncccn2)cc1. The minimum atomic E-state index is -3.66. The molecule has 5 N–H and O–H groups in total. The van der Waals surface area contributed by atoms with Crippen molar-refractivity contribution in [3.8, 4) is 0 Å². The highest BCUT2D eigenvalue weighted by atomic mass is 32.2. The van der Waals surface area contributed by atoms with Crippen molar-refractivity contribution in [1.29, 1.82) is 0 Å². The zero-order valence-electron chi connectivity index (χ0n) is 17.5. The Morgan fingerprint density at radius 2 is 1.85 bits per heavy atom. The number of nitrogens with one attached hydrogen (secondary N) is 2. The molecule has 0 bridgehead atoms. The second-order valence-electron chi connectivity index (χ2n) is 6.86. The topological polar surface area (TPSA) is 182 Å². The molecule has 1 aromatic carbocycles. The van der Waals surface area contributed by atoms with Crippen LogP contribution >= 0.6 is 0 Å². The zero-order valence-corrected chi connectivity index (χ0v) is 18.3. The standard InChI is InChI=1S/C10H10N4O2S.C10H12N2O4/c11-8-2-4-9(5-3-8)17(15,16)14-10-12-6-1-7-13-10;1-6-4-12(10(15)11-9(6)14)8-3-2-7(5-13)16-8/h1-7H,11H2,(H,12,13,14);2-4,7-8,13H,5H2,1H3,(H,11,14,15)/t;7-,8+/m.0/s1. The number of aryl methyl sites for hydroxylation is 1. The molecule has 2 atom stereocenters. The number of rotatable bonds is 5. The number of H-pyrrole nitrogens is 1. The van der Waals surface area contributed by atoms with E-state index in [1.807, 2.05) is 0 Å². The lowest BCUT2D eigenvalue weighted by Crippen LogP contribution is -2.33. The lowest BCUT2D eigenvalue weighted by molar-refractivity contribution is -0.0104. The fourth-order valence-electron chi connectivity index (χ4n) is 2.70. The molecule has 4 rings (SSSR count). The summed E-state index contributed by atoms with van der Waals surface area (Å²) in [5.41, 5.74) is 5.49. The van der Waals surface area contributed by atoms with Crippen LogP contribution in [-0.4, -0.2) is 45.8 Å². The van der Waals surface area contributed by atoms with Crippen LogP contribution in [0.1, 0.15) is 11.8 Å². The molecule has 0 unspecified atom stereocenters. The second-order valence-corrected chi connectivity index (χ2v) is 8.54. The van der Waals surface area contributed by atoms with Crippen molar-refractivity contribution in [2.24, 2.45) is 0 Å². The Hall–Kier alpha value is -3.81. The molecule has 0 aliphatic carbocycles. The molecule has 3 heterocycles. The number of benzene rings is 1. The minimum Gasteiger partial charge on any atom is -0.399 e. The molecule has 1 aliphatic heterocycles. The predicted molar refractivity (Wildman–Crippen MR) is 120 cm³/mol. The van der Waals surface area contributed by atoms with Gasteiger partial charge in [-0.25, -0.2) is 27.9 Å². The maximum Gasteiger partial charge on any atom is 0.330 e. The third-order valence-corrected chi connectivity index (χ3v) is 5.73. The van der Waals surface area contributed by atoms with Crippen LogP contribution in [0, 0.1) is 6.92 Å². The maximum atomic E-state index is 11.9. The van der Waals surface area contributed by atoms with Gasteiger partial charge >= 0.3 is 5.69 Å². The van der Waals surface area contributed by atoms with Crippen molar-refractivity contribution in [2.45, 2.75) is 24.2 Å². The average molecular weight is 474 g/mol. The number of nitrogen functional groups attached to an aromatic ring is 1. The van der Waals surface area contributed by atoms with Gasteiger partial charge in [0.1, 0.15) is 6.10 Å². The molecular weight excluding hydrogens is 452 g/mol. The minimum absolute atomic E-state index is 0.0318. The second kappa shape index (κ2) is 10.2. The molecule has 33 heavy (non-hydrogen) atoms. The lowest BCUT2D eigenvalue weighted by Gasteiger charge is -2.14. The van der Waals surface area contributed by atoms with E-state index in [2.05, 4.69) is 19.7 Å². The molecule has 2 aromatic heterocycles. The maximum absolute atomic E-state index is 11.9. The van der Waals surface area contributed by atoms with Crippen LogP contribution in [0.2, 0.25) is 0 Å². The van der Waals surface area contributed by atoms with Gasteiger partial charge in [-0.05, 0) is 43.3 Å². The number of nitrogens with zero attached hydrogens (tertiary/aromatic N) is 3. The van der Waals surface area contributed by atoms with Crippen LogP contribution in [0.5, 0.6) is 0 Å². The smallest absolute Gasteiger partial charge is 0.330 e. The quantitative estimate of drug-likeness (QED) is 0.295. The summed E-state index contributed by atoms with van der Waals surface area (Å²) < 4.78 is 32.7. The zero-order chi connectivity index (χ0) is 24.0. The Balaban J connectivity index is 0.000000186. The Morgan fingerprint density at radius 3 is 2.45 bits per heavy atom. The lowest BCUT2D eigenvalue weighted by atomic mass is 10.3. The average Bonchev–Trinajstić information content (AvgIpc) is 3.26. The van der Waals surface area contributed by atoms with Gasteiger partial charge in [-0.15, -0.1) is 0 Å². The van der Waals surface area contributed by atoms with Crippen LogP contribution in [0.4, 0.5) is 11.6 Å². The largest absolute Gasteiger partial charge is 0.399 e. The van der Waals surface area contributed by atoms with Gasteiger partial charge in [-0.3, -0.25) is 14.3 Å². The van der Waals surface area contributed by atoms with E-state index in [0.717, 1.165) is 0 Å². The van der Waals surface area contributed by atoms with E-state index in [0.29, 0.717) is 11.3 Å². The Kier molecular flexibility index (Phi) is 7.37. The summed E-state index contributed by atoms with van der Waals surface area (Å²) in [6.45, 7) is 1.47. The summed E-state index contributed by atoms with van der Waals surface area (Å²) in [6, 6.07) is 7.46. The molecule has 0 radical (unpaired) electrons. The van der Waals surface area contributed by atoms with Gasteiger partial charge in [0.15, 0.2) is 6.23 Å². The number of anilines is 2. The van der Waals surface area contributed by atoms with Gasteiger partial charge in [0.2, 0.25) is 5.95 Å². The first kappa shape index (κ1) is 23.8. The number of aliphatic hydroxyl groups is 1. The number of hydrogen-bond donors (Lipinski definition) is 4. The molecule has 0 fully saturated rings. The monoisotopic (exact) mass is 474 g/mol. The van der Waals surface area contributed by atoms with E-state index in [4.69, 9.17) is 15.6 Å². The molecule has 0 saturated carbocycles. The van der Waals surface area contributed by atoms with Crippen molar-refractivity contribution in [2.75, 3.05) is 17.1 Å². The molecule has 1 aliphatic rings. The Labute approximate surface area is 188 Å². The molecule has 0 saturated heterocycles. The highest BCUT2D eigenvalue weighted by Gasteiger charge is 2.21. The van der Waals surface area contributed by atoms with Crippen molar-refractivity contribution in [3.05, 3.63) is 87.5 Å². The summed E-state index contributed by atoms with van der Waals surface area (Å²) >= 11 is 0. The van der Waals surface area contributed by atoms with Gasteiger partial charge in [0.25, 0.3) is 15.6 Å². The van der Waals surface area contributed by atoms with Gasteiger partial charge < -0.3 is 15.6 Å². The van der Waals surface area contributed by atoms with Crippen LogP contribution in [0.25, 0.3) is 0 Å². The van der Waals surface area contributed by atoms with Crippen molar-refractivity contribution in [1.82, 2.24) is 19.5 Å². The summed E-state index contributed by atoms with van der Waals surface area (Å²) in [6.07, 6.45) is 6.72. The van der Waals surface area contributed by atoms with Gasteiger partial charge in [-0.2, -0.15) is 0 Å². The van der Waals surface area contributed by atoms with Gasteiger partial charge in [0.05, 0.1) is 11.5 Å². The van der Waals surface area contributed by atoms with Crippen LogP contribution in [-0.2, 0) is 14.8 Å². The van der Waals surface area contributed by atoms with E-state index in [1.165, 1.54) is 47.4 Å². The summed E-state index contributed by atoms with van der Waals surface area (Å²) in [5.74, 6) is 0.0318. The number of aliphatic hydroxyl groups excluding tert-OH is 1. The summed E-state index contributed by atoms with van der Waals surface area (Å²) in [5, 5.41) is 8.88. The predicted octanol–water partition coefficient (Wildman–Crippen LogP) is 0.151. The first-order valence-electron chi connectivity index (χ1n) is 9.61. The number of aromatic amines is 1. The molecule has 0 amide bonds. The van der Waals surface area contributed by atoms with Crippen molar-refractivity contribution in [3.63, 3.8) is 0 Å². The first-order chi connectivity index (χ1) is 15.7. The molecule has 12 nitrogen and oxygen atoms in total. The highest BCUT2D eigenvalue weighted by molar-refractivity contribution is 7.92. The first-order valence-corrected chi connectivity index (χ1v) is 11.1. The third kappa shape index (κ3) is 6.12. The van der Waals surface area contributed by atoms with Crippen LogP contribution in [0.3, 0.4) is 0 Å². The fourth-order valence-corrected chi connectivity index (χ4v) is 3.66. The summed E-state index contributed by atoms with van der Waals surface area (Å²) in [4.78, 5) is 32.5. The van der Waals surface area contributed by atoms with E-state index < -0.39 is 33.6 Å².